The van der Waals surface area contributed by atoms with Gasteiger partial charge in [0.1, 0.15) is 0 Å². The molecule has 0 aliphatic heterocycles. The van der Waals surface area contributed by atoms with Crippen LogP contribution in [-0.2, 0) is 5.21 Å². The van der Waals surface area contributed by atoms with Gasteiger partial charge in [-0.15, -0.1) is 0 Å². The normalized spacial score (nSPS) is 13.3. The van der Waals surface area contributed by atoms with E-state index in [4.69, 9.17) is 12.5 Å². The van der Waals surface area contributed by atoms with Gasteiger partial charge in [-0.25, -0.2) is 0 Å². The summed E-state index contributed by atoms with van der Waals surface area (Å²) < 4.78 is 2.09. The monoisotopic (exact) mass is 740 g/mol. The Labute approximate surface area is 350 Å². The fourth-order valence-corrected chi connectivity index (χ4v) is 9.03. The fraction of sp³-hybridized carbons (Fsp3) is 0.0698. The summed E-state index contributed by atoms with van der Waals surface area (Å²) >= 11 is 0. The van der Waals surface area contributed by atoms with Gasteiger partial charge < -0.3 is 0 Å². The van der Waals surface area contributed by atoms with Crippen molar-refractivity contribution in [2.45, 2.75) is 17.8 Å². The summed E-state index contributed by atoms with van der Waals surface area (Å²) in [5.74, 6) is 0.571. The van der Waals surface area contributed by atoms with Crippen molar-refractivity contribution in [1.82, 2.24) is 9.55 Å². The Morgan fingerprint density at radius 3 is 1.91 bits per heavy atom. The molecule has 1 heterocycles. The van der Waals surface area contributed by atoms with Gasteiger partial charge in [-0.3, -0.25) is 0 Å². The van der Waals surface area contributed by atoms with Crippen molar-refractivity contribution in [1.29, 1.82) is 0 Å². The fourth-order valence-electron chi connectivity index (χ4n) is 9.03. The Hall–Kier alpha value is -4.97. The van der Waals surface area contributed by atoms with Crippen LogP contribution >= 0.6 is 0 Å². The molecule has 2 N–H and O–H groups in total. The number of hydrogen-bond donors (Lipinski definition) is 2. The van der Waals surface area contributed by atoms with Gasteiger partial charge in [-0.05, 0) is 0 Å². The Kier molecular flexibility index (Phi) is 9.89. The predicted octanol–water partition coefficient (Wildman–Crippen LogP) is -5.07. The molecule has 15 heteroatoms. The third-order valence-corrected chi connectivity index (χ3v) is 13.5. The second-order valence-corrected chi connectivity index (χ2v) is 17.3. The van der Waals surface area contributed by atoms with E-state index in [0.717, 1.165) is 38.2 Å². The molecule has 0 spiro atoms. The van der Waals surface area contributed by atoms with Crippen LogP contribution in [0.3, 0.4) is 0 Å². The maximum absolute atomic E-state index is 11.1. The third-order valence-electron chi connectivity index (χ3n) is 13.5. The predicted molar refractivity (Wildman–Crippen MR) is 279 cm³/mol. The first-order chi connectivity index (χ1) is 27.5. The molecule has 0 aliphatic carbocycles. The number of para-hydroxylation sites is 2. The van der Waals surface area contributed by atoms with Crippen molar-refractivity contribution in [3.05, 3.63) is 130 Å². The van der Waals surface area contributed by atoms with E-state index in [2.05, 4.69) is 145 Å². The van der Waals surface area contributed by atoms with Gasteiger partial charge in [0, 0.05) is 0 Å². The standard InChI is InChI=1S/C43H43B11N2O2/c1-19(44)34(45)38(49)33-29(21-10-8-11-22(17-21)56-28-16-7-6-15-27(28)55-41(56)42(52,53)43(54,57)58)31-32(37(48)40(51)39(50)36(31)47)30(35(33)46)26-18-20-9-2-3-12-23(20)24-13-4-5-14-25(24)26/h2-18,46,57-58H,44-45,47-54H2,1H3/b34-19-,38-33+. The van der Waals surface area contributed by atoms with Crippen LogP contribution in [0.1, 0.15) is 12.7 Å². The molecular formula is C43H43B11N2O2. The molecule has 4 nitrogen and oxygen atoms in total. The molecule has 0 saturated heterocycles. The number of rotatable bonds is 6. The van der Waals surface area contributed by atoms with Gasteiger partial charge >= 0.3 is 352 Å². The molecule has 1 aromatic heterocycles. The summed E-state index contributed by atoms with van der Waals surface area (Å²) in [5.41, 5.74) is 13.9. The van der Waals surface area contributed by atoms with Gasteiger partial charge in [0.25, 0.3) is 0 Å². The molecule has 8 aromatic rings. The van der Waals surface area contributed by atoms with E-state index >= 15 is 0 Å². The molecule has 0 atom stereocenters. The van der Waals surface area contributed by atoms with Crippen molar-refractivity contribution in [3.8, 4) is 27.9 Å². The van der Waals surface area contributed by atoms with Crippen LogP contribution in [0.5, 0.6) is 0 Å². The first kappa shape index (κ1) is 39.8. The zero-order chi connectivity index (χ0) is 41.6. The number of imidazole rings is 1. The summed E-state index contributed by atoms with van der Waals surface area (Å²) in [4.78, 5) is 5.04. The number of aliphatic hydroxyl groups is 2. The average molecular weight is 739 g/mol. The molecule has 8 rings (SSSR count). The van der Waals surface area contributed by atoms with E-state index in [1.54, 1.807) is 0 Å². The molecule has 0 aliphatic rings. The third kappa shape index (κ3) is 6.07. The average Bonchev–Trinajstić information content (AvgIpc) is 3.61. The van der Waals surface area contributed by atoms with Crippen LogP contribution in [0, 0.1) is 5.11 Å². The van der Waals surface area contributed by atoms with E-state index in [1.807, 2.05) is 40.0 Å². The van der Waals surface area contributed by atoms with Gasteiger partial charge in [0.2, 0.25) is 0 Å². The SMILES string of the molecule is B=c1c(-c2cc3ccccc3c3ccccc23)c2c(B)c(B)c(B)c(B)c2c(-c2cccc(-n3c(C(B)(B)C(B)(O)O)nc4ccccc43)c2)/c1=C(B)/C(B)=C(/B)C. The van der Waals surface area contributed by atoms with Gasteiger partial charge in [-0.1, -0.05) is 0 Å². The van der Waals surface area contributed by atoms with Crippen molar-refractivity contribution in [2.75, 3.05) is 0 Å². The molecule has 0 fully saturated rings. The van der Waals surface area contributed by atoms with Crippen LogP contribution in [0.15, 0.2) is 114 Å². The van der Waals surface area contributed by atoms with Crippen molar-refractivity contribution >= 4 is 157 Å². The molecule has 7 aromatic carbocycles. The first-order valence-electron chi connectivity index (χ1n) is 20.3. The van der Waals surface area contributed by atoms with Gasteiger partial charge in [0.15, 0.2) is 0 Å². The van der Waals surface area contributed by atoms with Crippen LogP contribution in [0.2, 0.25) is 0 Å². The Balaban J connectivity index is 1.60. The molecule has 0 unspecified atom stereocenters. The van der Waals surface area contributed by atoms with E-state index in [-0.39, 0.29) is 0 Å². The molecule has 0 bridgehead atoms. The zero-order valence-corrected chi connectivity index (χ0v) is 35.8. The molecular weight excluding hydrogens is 695 g/mol. The quantitative estimate of drug-likeness (QED) is 0.102. The minimum absolute atomic E-state index is 0.571. The van der Waals surface area contributed by atoms with Crippen LogP contribution in [-0.4, -0.2) is 111 Å². The number of allylic oxidation sites excluding steroid dienone is 2. The summed E-state index contributed by atoms with van der Waals surface area (Å²) in [5, 5.41) is 30.6. The van der Waals surface area contributed by atoms with Crippen molar-refractivity contribution in [2.24, 2.45) is 0 Å². The number of hydrogen-bond acceptors (Lipinski definition) is 3. The number of fused-ring (bicyclic) bond motifs is 5. The summed E-state index contributed by atoms with van der Waals surface area (Å²) in [6.07, 6.45) is 0. The summed E-state index contributed by atoms with van der Waals surface area (Å²) in [7, 11) is 25.9. The molecule has 270 valence electrons. The van der Waals surface area contributed by atoms with Crippen LogP contribution < -0.4 is 27.1 Å². The zero-order valence-electron chi connectivity index (χ0n) is 35.8. The maximum atomic E-state index is 11.1. The number of benzene rings is 7. The molecule has 0 saturated carbocycles. The van der Waals surface area contributed by atoms with E-state index in [1.165, 1.54) is 89.6 Å². The van der Waals surface area contributed by atoms with Crippen LogP contribution in [0.25, 0.3) is 76.8 Å². The second-order valence-electron chi connectivity index (χ2n) is 17.3. The van der Waals surface area contributed by atoms with E-state index < -0.39 is 10.9 Å². The molecule has 0 radical (unpaired) electrons. The summed E-state index contributed by atoms with van der Waals surface area (Å²) in [6.45, 7) is 2.19. The Morgan fingerprint density at radius 2 is 1.26 bits per heavy atom. The topological polar surface area (TPSA) is 58.3 Å². The molecule has 0 amide bonds. The van der Waals surface area contributed by atoms with Crippen molar-refractivity contribution < 1.29 is 10.2 Å². The number of nitrogens with zero attached hydrogens (tertiary/aromatic N) is 2. The molecule has 58 heavy (non-hydrogen) atoms. The van der Waals surface area contributed by atoms with Crippen molar-refractivity contribution in [3.63, 3.8) is 0 Å². The minimum atomic E-state index is -2.03. The Bertz CT molecular complexity index is 3200. The Morgan fingerprint density at radius 1 is 0.672 bits per heavy atom. The van der Waals surface area contributed by atoms with Crippen LogP contribution in [0.4, 0.5) is 0 Å². The van der Waals surface area contributed by atoms with E-state index in [0.29, 0.717) is 5.82 Å². The number of aromatic nitrogens is 2. The summed E-state index contributed by atoms with van der Waals surface area (Å²) in [6, 6.07) is 36.6. The van der Waals surface area contributed by atoms with Gasteiger partial charge in [-0.2, -0.15) is 0 Å². The van der Waals surface area contributed by atoms with E-state index in [9.17, 15) is 10.2 Å². The second kappa shape index (κ2) is 14.4. The first-order valence-corrected chi connectivity index (χ1v) is 20.3. The van der Waals surface area contributed by atoms with Gasteiger partial charge in [0.05, 0.1) is 0 Å².